The fourth-order valence-electron chi connectivity index (χ4n) is 2.76. The largest absolute Gasteiger partial charge is 0.329 e. The average molecular weight is 408 g/mol. The van der Waals surface area contributed by atoms with E-state index in [9.17, 15) is 8.42 Å². The second-order valence-corrected chi connectivity index (χ2v) is 8.39. The van der Waals surface area contributed by atoms with Gasteiger partial charge in [-0.2, -0.15) is 4.31 Å². The van der Waals surface area contributed by atoms with Gasteiger partial charge in [-0.05, 0) is 65.6 Å². The van der Waals surface area contributed by atoms with E-state index in [1.165, 1.54) is 0 Å². The van der Waals surface area contributed by atoms with Crippen molar-refractivity contribution in [3.05, 3.63) is 27.8 Å². The molecule has 0 amide bonds. The van der Waals surface area contributed by atoms with Crippen LogP contribution in [-0.4, -0.2) is 31.9 Å². The number of hydrogen-bond acceptors (Lipinski definition) is 3. The van der Waals surface area contributed by atoms with Gasteiger partial charge in [-0.1, -0.05) is 13.3 Å². The molecule has 112 valence electrons. The molecule has 2 rings (SSSR count). The van der Waals surface area contributed by atoms with Crippen LogP contribution in [0.3, 0.4) is 0 Å². The minimum atomic E-state index is -3.42. The van der Waals surface area contributed by atoms with Gasteiger partial charge in [0.05, 0.1) is 4.90 Å². The molecule has 1 aliphatic rings. The third kappa shape index (κ3) is 3.35. The summed E-state index contributed by atoms with van der Waals surface area (Å²) in [7, 11) is -3.42. The first-order valence-corrected chi connectivity index (χ1v) is 9.48. The topological polar surface area (TPSA) is 63.4 Å². The van der Waals surface area contributed by atoms with Gasteiger partial charge in [0.25, 0.3) is 0 Å². The fraction of sp³-hybridized carbons (Fsp3) is 0.571. The van der Waals surface area contributed by atoms with Crippen LogP contribution >= 0.6 is 22.6 Å². The SMILES string of the molecule is CCC1CCN(S(=O)(=O)c2ccc(I)cc2)C(CN)C1. The van der Waals surface area contributed by atoms with Gasteiger partial charge in [0.2, 0.25) is 10.0 Å². The summed E-state index contributed by atoms with van der Waals surface area (Å²) in [6, 6.07) is 6.93. The third-order valence-electron chi connectivity index (χ3n) is 4.04. The smallest absolute Gasteiger partial charge is 0.243 e. The van der Waals surface area contributed by atoms with E-state index in [2.05, 4.69) is 29.5 Å². The van der Waals surface area contributed by atoms with Crippen LogP contribution in [-0.2, 0) is 10.0 Å². The highest BCUT2D eigenvalue weighted by Crippen LogP contribution is 2.29. The van der Waals surface area contributed by atoms with Crippen molar-refractivity contribution in [2.24, 2.45) is 11.7 Å². The molecule has 1 fully saturated rings. The lowest BCUT2D eigenvalue weighted by molar-refractivity contribution is 0.197. The molecule has 1 aromatic rings. The molecule has 6 heteroatoms. The monoisotopic (exact) mass is 408 g/mol. The molecular weight excluding hydrogens is 387 g/mol. The average Bonchev–Trinajstić information content (AvgIpc) is 2.46. The van der Waals surface area contributed by atoms with E-state index in [1.807, 2.05) is 12.1 Å². The van der Waals surface area contributed by atoms with E-state index < -0.39 is 10.0 Å². The molecular formula is C14H21IN2O2S. The number of rotatable bonds is 4. The van der Waals surface area contributed by atoms with Gasteiger partial charge in [0.15, 0.2) is 0 Å². The van der Waals surface area contributed by atoms with Crippen LogP contribution in [0.4, 0.5) is 0 Å². The van der Waals surface area contributed by atoms with Gasteiger partial charge in [-0.3, -0.25) is 0 Å². The molecule has 0 radical (unpaired) electrons. The van der Waals surface area contributed by atoms with Gasteiger partial charge < -0.3 is 5.73 Å². The summed E-state index contributed by atoms with van der Waals surface area (Å²) in [5.74, 6) is 0.590. The number of nitrogens with two attached hydrogens (primary N) is 1. The van der Waals surface area contributed by atoms with E-state index in [-0.39, 0.29) is 6.04 Å². The highest BCUT2D eigenvalue weighted by Gasteiger charge is 2.35. The Morgan fingerprint density at radius 2 is 2.00 bits per heavy atom. The molecule has 0 spiro atoms. The number of benzene rings is 1. The van der Waals surface area contributed by atoms with Crippen LogP contribution in [0.2, 0.25) is 0 Å². The first-order chi connectivity index (χ1) is 9.48. The van der Waals surface area contributed by atoms with Crippen molar-refractivity contribution < 1.29 is 8.42 Å². The molecule has 20 heavy (non-hydrogen) atoms. The minimum absolute atomic E-state index is 0.0713. The predicted octanol–water partition coefficient (Wildman–Crippen LogP) is 2.43. The molecule has 1 heterocycles. The van der Waals surface area contributed by atoms with Crippen molar-refractivity contribution in [2.75, 3.05) is 13.1 Å². The van der Waals surface area contributed by atoms with E-state index >= 15 is 0 Å². The number of nitrogens with zero attached hydrogens (tertiary/aromatic N) is 1. The van der Waals surface area contributed by atoms with Gasteiger partial charge in [-0.15, -0.1) is 0 Å². The normalized spacial score (nSPS) is 24.8. The lowest BCUT2D eigenvalue weighted by atomic mass is 9.90. The predicted molar refractivity (Wildman–Crippen MR) is 88.9 cm³/mol. The fourth-order valence-corrected chi connectivity index (χ4v) is 4.78. The Morgan fingerprint density at radius 3 is 2.55 bits per heavy atom. The Hall–Kier alpha value is -0.180. The maximum Gasteiger partial charge on any atom is 0.243 e. The third-order valence-corrected chi connectivity index (χ3v) is 6.73. The van der Waals surface area contributed by atoms with Gasteiger partial charge in [-0.25, -0.2) is 8.42 Å². The summed E-state index contributed by atoms with van der Waals surface area (Å²) < 4.78 is 28.1. The van der Waals surface area contributed by atoms with Crippen molar-refractivity contribution in [1.82, 2.24) is 4.31 Å². The summed E-state index contributed by atoms with van der Waals surface area (Å²) in [5.41, 5.74) is 5.80. The minimum Gasteiger partial charge on any atom is -0.329 e. The lowest BCUT2D eigenvalue weighted by Crippen LogP contribution is -2.49. The Balaban J connectivity index is 2.26. The number of sulfonamides is 1. The zero-order chi connectivity index (χ0) is 14.8. The van der Waals surface area contributed by atoms with E-state index in [4.69, 9.17) is 5.73 Å². The van der Waals surface area contributed by atoms with Crippen LogP contribution in [0.5, 0.6) is 0 Å². The first kappa shape index (κ1) is 16.2. The van der Waals surface area contributed by atoms with Crippen molar-refractivity contribution in [2.45, 2.75) is 37.1 Å². The summed E-state index contributed by atoms with van der Waals surface area (Å²) in [6.45, 7) is 3.12. The Kier molecular flexibility index (Phi) is 5.44. The highest BCUT2D eigenvalue weighted by atomic mass is 127. The zero-order valence-corrected chi connectivity index (χ0v) is 14.6. The van der Waals surface area contributed by atoms with Gasteiger partial charge in [0, 0.05) is 22.7 Å². The number of halogens is 1. The van der Waals surface area contributed by atoms with Crippen LogP contribution in [0.1, 0.15) is 26.2 Å². The molecule has 2 atom stereocenters. The van der Waals surface area contributed by atoms with Gasteiger partial charge in [0.1, 0.15) is 0 Å². The molecule has 1 saturated heterocycles. The maximum atomic E-state index is 12.7. The van der Waals surface area contributed by atoms with Crippen molar-refractivity contribution in [3.63, 3.8) is 0 Å². The van der Waals surface area contributed by atoms with Crippen molar-refractivity contribution in [1.29, 1.82) is 0 Å². The molecule has 4 nitrogen and oxygen atoms in total. The number of piperidine rings is 1. The number of hydrogen-bond donors (Lipinski definition) is 1. The first-order valence-electron chi connectivity index (χ1n) is 6.96. The summed E-state index contributed by atoms with van der Waals surface area (Å²) >= 11 is 2.17. The second kappa shape index (κ2) is 6.72. The Bertz CT molecular complexity index is 545. The summed E-state index contributed by atoms with van der Waals surface area (Å²) in [4.78, 5) is 0.367. The highest BCUT2D eigenvalue weighted by molar-refractivity contribution is 14.1. The van der Waals surface area contributed by atoms with E-state index in [1.54, 1.807) is 16.4 Å². The molecule has 0 saturated carbocycles. The lowest BCUT2D eigenvalue weighted by Gasteiger charge is -2.37. The molecule has 0 aliphatic carbocycles. The van der Waals surface area contributed by atoms with Crippen LogP contribution < -0.4 is 5.73 Å². The molecule has 1 aliphatic heterocycles. The Morgan fingerprint density at radius 1 is 1.35 bits per heavy atom. The molecule has 2 N–H and O–H groups in total. The molecule has 0 aromatic heterocycles. The maximum absolute atomic E-state index is 12.7. The van der Waals surface area contributed by atoms with Crippen molar-refractivity contribution in [3.8, 4) is 0 Å². The van der Waals surface area contributed by atoms with Crippen molar-refractivity contribution >= 4 is 32.6 Å². The molecule has 1 aromatic carbocycles. The van der Waals surface area contributed by atoms with Gasteiger partial charge >= 0.3 is 0 Å². The van der Waals surface area contributed by atoms with E-state index in [0.717, 1.165) is 22.8 Å². The summed E-state index contributed by atoms with van der Waals surface area (Å²) in [6.07, 6.45) is 2.89. The van der Waals surface area contributed by atoms with Crippen LogP contribution in [0.15, 0.2) is 29.2 Å². The Labute approximate surface area is 134 Å². The molecule has 0 bridgehead atoms. The van der Waals surface area contributed by atoms with Crippen LogP contribution in [0, 0.1) is 9.49 Å². The van der Waals surface area contributed by atoms with E-state index in [0.29, 0.717) is 23.9 Å². The quantitative estimate of drug-likeness (QED) is 0.779. The molecule has 2 unspecified atom stereocenters. The summed E-state index contributed by atoms with van der Waals surface area (Å²) in [5, 5.41) is 0. The second-order valence-electron chi connectivity index (χ2n) is 5.26. The van der Waals surface area contributed by atoms with Crippen LogP contribution in [0.25, 0.3) is 0 Å². The standard InChI is InChI=1S/C14H21IN2O2S/c1-2-11-7-8-17(13(9-11)10-16)20(18,19)14-5-3-12(15)4-6-14/h3-6,11,13H,2,7-10,16H2,1H3. The zero-order valence-electron chi connectivity index (χ0n) is 11.6.